The van der Waals surface area contributed by atoms with E-state index in [0.29, 0.717) is 31.5 Å². The highest BCUT2D eigenvalue weighted by molar-refractivity contribution is 7.22. The molecule has 0 aliphatic heterocycles. The third-order valence-electron chi connectivity index (χ3n) is 4.21. The van der Waals surface area contributed by atoms with Gasteiger partial charge in [-0.05, 0) is 44.5 Å². The number of rotatable bonds is 6. The summed E-state index contributed by atoms with van der Waals surface area (Å²) in [5.74, 6) is -0.604. The summed E-state index contributed by atoms with van der Waals surface area (Å²) in [6.07, 6.45) is 0. The van der Waals surface area contributed by atoms with Crippen LogP contribution >= 0.6 is 34.3 Å². The van der Waals surface area contributed by atoms with Crippen molar-refractivity contribution in [2.75, 3.05) is 19.0 Å². The Kier molecular flexibility index (Phi) is 6.26. The Morgan fingerprint density at radius 3 is 2.52 bits per heavy atom. The van der Waals surface area contributed by atoms with Crippen LogP contribution in [-0.2, 0) is 4.74 Å². The number of ketones is 1. The first-order valence-corrected chi connectivity index (χ1v) is 10.7. The lowest BCUT2D eigenvalue weighted by Crippen LogP contribution is -2.14. The number of hydrogen-bond donors (Lipinski definition) is 1. The Bertz CT molecular complexity index is 1130. The van der Waals surface area contributed by atoms with Crippen molar-refractivity contribution < 1.29 is 23.9 Å². The fourth-order valence-electron chi connectivity index (χ4n) is 2.87. The molecule has 1 amide bonds. The SMILES string of the molecule is CCOC(=O)c1c(NC(=O)c2sc3ccc(OC)cc3c2Cl)sc(C(C)=O)c1C. The van der Waals surface area contributed by atoms with Gasteiger partial charge >= 0.3 is 5.97 Å². The molecule has 0 bridgehead atoms. The van der Waals surface area contributed by atoms with Crippen LogP contribution in [0.1, 0.15) is 49.1 Å². The lowest BCUT2D eigenvalue weighted by molar-refractivity contribution is 0.0527. The van der Waals surface area contributed by atoms with E-state index in [1.54, 1.807) is 33.1 Å². The van der Waals surface area contributed by atoms with Crippen molar-refractivity contribution in [3.63, 3.8) is 0 Å². The quantitative estimate of drug-likeness (QED) is 0.391. The Morgan fingerprint density at radius 2 is 1.90 bits per heavy atom. The van der Waals surface area contributed by atoms with Crippen LogP contribution in [0, 0.1) is 6.92 Å². The zero-order valence-corrected chi connectivity index (χ0v) is 18.6. The third kappa shape index (κ3) is 4.01. The van der Waals surface area contributed by atoms with Gasteiger partial charge in [0, 0.05) is 10.1 Å². The van der Waals surface area contributed by atoms with Gasteiger partial charge in [0.25, 0.3) is 5.91 Å². The van der Waals surface area contributed by atoms with Crippen molar-refractivity contribution >= 4 is 67.0 Å². The molecule has 1 aromatic carbocycles. The van der Waals surface area contributed by atoms with Crippen molar-refractivity contribution in [2.45, 2.75) is 20.8 Å². The van der Waals surface area contributed by atoms with Crippen molar-refractivity contribution in [3.05, 3.63) is 44.1 Å². The van der Waals surface area contributed by atoms with Gasteiger partial charge in [-0.1, -0.05) is 11.6 Å². The number of esters is 1. The van der Waals surface area contributed by atoms with Gasteiger partial charge in [0.1, 0.15) is 15.6 Å². The summed E-state index contributed by atoms with van der Waals surface area (Å²) in [6, 6.07) is 5.38. The van der Waals surface area contributed by atoms with Gasteiger partial charge < -0.3 is 14.8 Å². The van der Waals surface area contributed by atoms with E-state index in [1.165, 1.54) is 18.3 Å². The van der Waals surface area contributed by atoms with Crippen LogP contribution in [0.2, 0.25) is 5.02 Å². The molecule has 2 heterocycles. The first-order valence-electron chi connectivity index (χ1n) is 8.67. The molecule has 3 aromatic rings. The summed E-state index contributed by atoms with van der Waals surface area (Å²) in [6.45, 7) is 4.94. The van der Waals surface area contributed by atoms with Gasteiger partial charge in [-0.15, -0.1) is 22.7 Å². The van der Waals surface area contributed by atoms with Crippen molar-refractivity contribution in [2.24, 2.45) is 0 Å². The van der Waals surface area contributed by atoms with Crippen molar-refractivity contribution in [3.8, 4) is 5.75 Å². The van der Waals surface area contributed by atoms with Crippen LogP contribution in [0.15, 0.2) is 18.2 Å². The molecule has 0 unspecified atom stereocenters. The molecule has 6 nitrogen and oxygen atoms in total. The molecular formula is C20H18ClNO5S2. The second-order valence-electron chi connectivity index (χ2n) is 6.10. The first-order chi connectivity index (χ1) is 13.8. The smallest absolute Gasteiger partial charge is 0.341 e. The number of ether oxygens (including phenoxy) is 2. The summed E-state index contributed by atoms with van der Waals surface area (Å²) < 4.78 is 11.1. The highest BCUT2D eigenvalue weighted by Crippen LogP contribution is 2.39. The number of carbonyl (C=O) groups is 3. The van der Waals surface area contributed by atoms with E-state index in [2.05, 4.69) is 5.32 Å². The van der Waals surface area contributed by atoms with E-state index in [4.69, 9.17) is 21.1 Å². The van der Waals surface area contributed by atoms with E-state index in [1.807, 2.05) is 6.07 Å². The van der Waals surface area contributed by atoms with Crippen LogP contribution in [0.25, 0.3) is 10.1 Å². The highest BCUT2D eigenvalue weighted by atomic mass is 35.5. The zero-order valence-electron chi connectivity index (χ0n) is 16.2. The molecule has 0 radical (unpaired) electrons. The molecule has 0 aliphatic carbocycles. The highest BCUT2D eigenvalue weighted by Gasteiger charge is 2.27. The Hall–Kier alpha value is -2.42. The number of fused-ring (bicyclic) bond motifs is 1. The molecule has 1 N–H and O–H groups in total. The molecule has 9 heteroatoms. The zero-order chi connectivity index (χ0) is 21.3. The number of amides is 1. The molecule has 0 spiro atoms. The Balaban J connectivity index is 2.01. The average molecular weight is 452 g/mol. The lowest BCUT2D eigenvalue weighted by atomic mass is 10.1. The topological polar surface area (TPSA) is 81.7 Å². The van der Waals surface area contributed by atoms with Crippen LogP contribution in [-0.4, -0.2) is 31.4 Å². The third-order valence-corrected chi connectivity index (χ3v) is 7.20. The van der Waals surface area contributed by atoms with Gasteiger partial charge in [-0.3, -0.25) is 9.59 Å². The monoisotopic (exact) mass is 451 g/mol. The average Bonchev–Trinajstić information content (AvgIpc) is 3.18. The van der Waals surface area contributed by atoms with Gasteiger partial charge in [0.05, 0.1) is 29.2 Å². The van der Waals surface area contributed by atoms with E-state index >= 15 is 0 Å². The molecule has 29 heavy (non-hydrogen) atoms. The lowest BCUT2D eigenvalue weighted by Gasteiger charge is -2.06. The van der Waals surface area contributed by atoms with Gasteiger partial charge in [0.2, 0.25) is 0 Å². The maximum absolute atomic E-state index is 12.9. The molecule has 0 saturated heterocycles. The number of hydrogen-bond acceptors (Lipinski definition) is 7. The predicted molar refractivity (Wildman–Crippen MR) is 116 cm³/mol. The minimum absolute atomic E-state index is 0.181. The maximum Gasteiger partial charge on any atom is 0.341 e. The number of carbonyl (C=O) groups excluding carboxylic acids is 3. The second-order valence-corrected chi connectivity index (χ2v) is 8.55. The minimum Gasteiger partial charge on any atom is -0.497 e. The van der Waals surface area contributed by atoms with Gasteiger partial charge in [-0.25, -0.2) is 4.79 Å². The number of methoxy groups -OCH3 is 1. The molecule has 0 aliphatic rings. The standard InChI is InChI=1S/C20H18ClNO5S2/c1-5-27-20(25)14-9(2)16(10(3)23)29-19(14)22-18(24)17-15(21)12-8-11(26-4)6-7-13(12)28-17/h6-8H,5H2,1-4H3,(H,22,24). The number of anilines is 1. The summed E-state index contributed by atoms with van der Waals surface area (Å²) in [5.41, 5.74) is 0.678. The molecule has 0 saturated carbocycles. The van der Waals surface area contributed by atoms with Crippen molar-refractivity contribution in [1.29, 1.82) is 0 Å². The predicted octanol–water partition coefficient (Wildman–Crippen LogP) is 5.56. The summed E-state index contributed by atoms with van der Waals surface area (Å²) in [7, 11) is 1.55. The number of benzene rings is 1. The molecule has 3 rings (SSSR count). The van der Waals surface area contributed by atoms with E-state index in [9.17, 15) is 14.4 Å². The Labute approximate surface area is 180 Å². The number of Topliss-reactive ketones (excluding diaryl/α,β-unsaturated/α-hetero) is 1. The number of thiophene rings is 2. The Morgan fingerprint density at radius 1 is 1.17 bits per heavy atom. The first kappa shape index (κ1) is 21.3. The second kappa shape index (κ2) is 8.52. The fraction of sp³-hybridized carbons (Fsp3) is 0.250. The molecule has 152 valence electrons. The van der Waals surface area contributed by atoms with E-state index in [-0.39, 0.29) is 23.0 Å². The fourth-order valence-corrected chi connectivity index (χ4v) is 5.34. The maximum atomic E-state index is 12.9. The van der Waals surface area contributed by atoms with E-state index < -0.39 is 11.9 Å². The van der Waals surface area contributed by atoms with Crippen LogP contribution in [0.5, 0.6) is 5.75 Å². The van der Waals surface area contributed by atoms with Gasteiger partial charge in [0.15, 0.2) is 5.78 Å². The van der Waals surface area contributed by atoms with Crippen molar-refractivity contribution in [1.82, 2.24) is 0 Å². The van der Waals surface area contributed by atoms with E-state index in [0.717, 1.165) is 16.0 Å². The number of halogens is 1. The van der Waals surface area contributed by atoms with Gasteiger partial charge in [-0.2, -0.15) is 0 Å². The molecular weight excluding hydrogens is 434 g/mol. The molecule has 0 fully saturated rings. The van der Waals surface area contributed by atoms with Crippen LogP contribution in [0.3, 0.4) is 0 Å². The molecule has 0 atom stereocenters. The summed E-state index contributed by atoms with van der Waals surface area (Å²) in [4.78, 5) is 38.0. The van der Waals surface area contributed by atoms with Crippen LogP contribution < -0.4 is 10.1 Å². The minimum atomic E-state index is -0.587. The largest absolute Gasteiger partial charge is 0.497 e. The summed E-state index contributed by atoms with van der Waals surface area (Å²) >= 11 is 8.72. The molecule has 2 aromatic heterocycles. The summed E-state index contributed by atoms with van der Waals surface area (Å²) in [5, 5.41) is 4.01. The number of nitrogens with one attached hydrogen (secondary N) is 1. The normalized spacial score (nSPS) is 10.8. The van der Waals surface area contributed by atoms with Crippen LogP contribution in [0.4, 0.5) is 5.00 Å².